The van der Waals surface area contributed by atoms with Crippen molar-refractivity contribution in [3.8, 4) is 0 Å². The fraction of sp³-hybridized carbons (Fsp3) is 0.367. The highest BCUT2D eigenvalue weighted by atomic mass is 35.5. The van der Waals surface area contributed by atoms with Crippen LogP contribution in [-0.4, -0.2) is 49.9 Å². The fourth-order valence-corrected chi connectivity index (χ4v) is 6.89. The number of sulfonamides is 1. The zero-order chi connectivity index (χ0) is 29.8. The van der Waals surface area contributed by atoms with Crippen molar-refractivity contribution < 1.29 is 22.7 Å². The van der Waals surface area contributed by atoms with E-state index in [0.717, 1.165) is 11.1 Å². The number of ether oxygens (including phenoxy) is 1. The topological polar surface area (TPSA) is 106 Å². The van der Waals surface area contributed by atoms with Gasteiger partial charge in [0.2, 0.25) is 15.9 Å². The van der Waals surface area contributed by atoms with E-state index in [1.807, 2.05) is 37.3 Å². The van der Waals surface area contributed by atoms with Gasteiger partial charge in [-0.1, -0.05) is 54.4 Å². The maximum absolute atomic E-state index is 14.3. The molecule has 11 heteroatoms. The van der Waals surface area contributed by atoms with E-state index in [1.54, 1.807) is 36.1 Å². The molecule has 4 rings (SSSR count). The highest BCUT2D eigenvalue weighted by molar-refractivity contribution is 7.89. The summed E-state index contributed by atoms with van der Waals surface area (Å²) >= 11 is 12.6. The molecule has 0 unspecified atom stereocenters. The van der Waals surface area contributed by atoms with Crippen LogP contribution in [0.5, 0.6) is 0 Å². The van der Waals surface area contributed by atoms with Gasteiger partial charge in [0.05, 0.1) is 25.0 Å². The van der Waals surface area contributed by atoms with Crippen LogP contribution < -0.4 is 4.72 Å². The van der Waals surface area contributed by atoms with Crippen LogP contribution in [0.2, 0.25) is 10.0 Å². The number of likely N-dealkylation sites (tertiary alicyclic amines) is 1. The lowest BCUT2D eigenvalue weighted by Crippen LogP contribution is -2.56. The van der Waals surface area contributed by atoms with Crippen molar-refractivity contribution in [2.45, 2.75) is 56.0 Å². The number of carbonyl (C=O) groups excluding carboxylic acids is 2. The van der Waals surface area contributed by atoms with E-state index >= 15 is 0 Å². The molecule has 0 radical (unpaired) electrons. The van der Waals surface area contributed by atoms with Crippen LogP contribution in [0.4, 0.5) is 0 Å². The van der Waals surface area contributed by atoms with Crippen molar-refractivity contribution in [1.29, 1.82) is 0 Å². The SMILES string of the molecule is COC(=O)C[C@@]1(C)C[C@H](c2cccc(Cl)c2)[C@@H](c2ccc(Cl)cc2)N([C@@H](C)CCNS(=O)(=O)c2cccnc2)C1=O. The quantitative estimate of drug-likeness (QED) is 0.289. The summed E-state index contributed by atoms with van der Waals surface area (Å²) in [5, 5.41) is 1.13. The van der Waals surface area contributed by atoms with Gasteiger partial charge in [0, 0.05) is 40.9 Å². The van der Waals surface area contributed by atoms with Crippen LogP contribution >= 0.6 is 23.2 Å². The molecule has 218 valence electrons. The summed E-state index contributed by atoms with van der Waals surface area (Å²) < 4.78 is 33.2. The second-order valence-corrected chi connectivity index (χ2v) is 13.3. The van der Waals surface area contributed by atoms with Gasteiger partial charge in [0.25, 0.3) is 0 Å². The number of rotatable bonds is 10. The maximum Gasteiger partial charge on any atom is 0.306 e. The molecule has 1 aliphatic rings. The van der Waals surface area contributed by atoms with Crippen molar-refractivity contribution in [3.63, 3.8) is 0 Å². The predicted molar refractivity (Wildman–Crippen MR) is 158 cm³/mol. The molecule has 8 nitrogen and oxygen atoms in total. The van der Waals surface area contributed by atoms with Gasteiger partial charge in [-0.2, -0.15) is 0 Å². The average Bonchev–Trinajstić information content (AvgIpc) is 2.95. The Morgan fingerprint density at radius 2 is 1.85 bits per heavy atom. The number of hydrogen-bond donors (Lipinski definition) is 1. The molecule has 0 bridgehead atoms. The Balaban J connectivity index is 1.73. The van der Waals surface area contributed by atoms with E-state index < -0.39 is 33.5 Å². The van der Waals surface area contributed by atoms with Gasteiger partial charge >= 0.3 is 5.97 Å². The average molecular weight is 619 g/mol. The molecule has 1 aromatic heterocycles. The zero-order valence-corrected chi connectivity index (χ0v) is 25.4. The number of benzene rings is 2. The molecule has 1 amide bonds. The number of hydrogen-bond acceptors (Lipinski definition) is 6. The summed E-state index contributed by atoms with van der Waals surface area (Å²) in [7, 11) is -2.47. The van der Waals surface area contributed by atoms with Crippen molar-refractivity contribution >= 4 is 45.1 Å². The minimum Gasteiger partial charge on any atom is -0.469 e. The van der Waals surface area contributed by atoms with Crippen molar-refractivity contribution in [2.75, 3.05) is 13.7 Å². The molecule has 3 aromatic rings. The Bertz CT molecular complexity index is 1490. The molecular formula is C30H33Cl2N3O5S. The van der Waals surface area contributed by atoms with E-state index in [9.17, 15) is 18.0 Å². The molecule has 1 aliphatic heterocycles. The molecule has 1 fully saturated rings. The molecular weight excluding hydrogens is 585 g/mol. The van der Waals surface area contributed by atoms with E-state index in [2.05, 4.69) is 9.71 Å². The molecule has 2 heterocycles. The second-order valence-electron chi connectivity index (χ2n) is 10.6. The number of pyridine rings is 1. The molecule has 41 heavy (non-hydrogen) atoms. The number of carbonyl (C=O) groups is 2. The van der Waals surface area contributed by atoms with Gasteiger partial charge in [-0.3, -0.25) is 14.6 Å². The third-order valence-corrected chi connectivity index (χ3v) is 9.56. The first-order valence-corrected chi connectivity index (χ1v) is 15.5. The van der Waals surface area contributed by atoms with Crippen LogP contribution in [-0.2, 0) is 24.3 Å². The highest BCUT2D eigenvalue weighted by Gasteiger charge is 2.52. The molecule has 1 N–H and O–H groups in total. The zero-order valence-electron chi connectivity index (χ0n) is 23.1. The van der Waals surface area contributed by atoms with Crippen LogP contribution in [0.25, 0.3) is 0 Å². The van der Waals surface area contributed by atoms with Crippen LogP contribution in [0, 0.1) is 5.41 Å². The normalized spacial score (nSPS) is 21.9. The summed E-state index contributed by atoms with van der Waals surface area (Å²) in [5.74, 6) is -0.909. The highest BCUT2D eigenvalue weighted by Crippen LogP contribution is 2.52. The van der Waals surface area contributed by atoms with Gasteiger partial charge < -0.3 is 9.64 Å². The molecule has 2 aromatic carbocycles. The summed E-state index contributed by atoms with van der Waals surface area (Å²) in [6.45, 7) is 3.76. The summed E-state index contributed by atoms with van der Waals surface area (Å²) in [6.07, 6.45) is 3.40. The van der Waals surface area contributed by atoms with Gasteiger partial charge in [0.15, 0.2) is 0 Å². The number of amides is 1. The lowest BCUT2D eigenvalue weighted by Gasteiger charge is -2.51. The lowest BCUT2D eigenvalue weighted by molar-refractivity contribution is -0.161. The Morgan fingerprint density at radius 3 is 2.49 bits per heavy atom. The summed E-state index contributed by atoms with van der Waals surface area (Å²) in [5.41, 5.74) is 0.734. The summed E-state index contributed by atoms with van der Waals surface area (Å²) in [4.78, 5) is 32.6. The van der Waals surface area contributed by atoms with Gasteiger partial charge in [-0.15, -0.1) is 0 Å². The van der Waals surface area contributed by atoms with Crippen molar-refractivity contribution in [1.82, 2.24) is 14.6 Å². The number of methoxy groups -OCH3 is 1. The minimum absolute atomic E-state index is 0.0624. The number of nitrogens with zero attached hydrogens (tertiary/aromatic N) is 2. The summed E-state index contributed by atoms with van der Waals surface area (Å²) in [6, 6.07) is 17.1. The van der Waals surface area contributed by atoms with Gasteiger partial charge in [0.1, 0.15) is 4.90 Å². The fourth-order valence-electron chi connectivity index (χ4n) is 5.55. The van der Waals surface area contributed by atoms with Crippen LogP contribution in [0.1, 0.15) is 56.2 Å². The number of esters is 1. The Hall–Kier alpha value is -2.98. The Labute approximate surface area is 251 Å². The first kappa shape index (κ1) is 31.0. The standard InChI is InChI=1S/C30H33Cl2N3O5S/c1-20(13-15-34-41(38,39)25-8-5-14-33-19-25)35-28(21-9-11-23(31)12-10-21)26(22-6-4-7-24(32)16-22)17-30(2,29(35)37)18-27(36)40-3/h4-12,14,16,19-20,26,28,34H,13,15,17-18H2,1-3H3/t20-,26+,28+,30+/m0/s1. The van der Waals surface area contributed by atoms with E-state index in [1.165, 1.54) is 25.6 Å². The molecule has 1 saturated heterocycles. The van der Waals surface area contributed by atoms with Crippen molar-refractivity contribution in [3.05, 3.63) is 94.2 Å². The first-order valence-electron chi connectivity index (χ1n) is 13.3. The lowest BCUT2D eigenvalue weighted by atomic mass is 9.67. The maximum atomic E-state index is 14.3. The predicted octanol–water partition coefficient (Wildman–Crippen LogP) is 5.77. The Kier molecular flexibility index (Phi) is 9.74. The van der Waals surface area contributed by atoms with Crippen LogP contribution in [0.3, 0.4) is 0 Å². The van der Waals surface area contributed by atoms with Gasteiger partial charge in [-0.25, -0.2) is 13.1 Å². The van der Waals surface area contributed by atoms with E-state index in [-0.39, 0.29) is 29.7 Å². The number of aromatic nitrogens is 1. The molecule has 0 spiro atoms. The van der Waals surface area contributed by atoms with E-state index in [4.69, 9.17) is 27.9 Å². The van der Waals surface area contributed by atoms with Gasteiger partial charge in [-0.05, 0) is 67.3 Å². The molecule has 4 atom stereocenters. The second kappa shape index (κ2) is 12.9. The van der Waals surface area contributed by atoms with E-state index in [0.29, 0.717) is 22.9 Å². The Morgan fingerprint density at radius 1 is 1.12 bits per heavy atom. The monoisotopic (exact) mass is 617 g/mol. The van der Waals surface area contributed by atoms with Crippen molar-refractivity contribution in [2.24, 2.45) is 5.41 Å². The third-order valence-electron chi connectivity index (χ3n) is 7.63. The minimum atomic E-state index is -3.78. The smallest absolute Gasteiger partial charge is 0.306 e. The first-order chi connectivity index (χ1) is 19.4. The number of nitrogens with one attached hydrogen (secondary N) is 1. The largest absolute Gasteiger partial charge is 0.469 e. The number of piperidine rings is 1. The molecule has 0 saturated carbocycles. The third kappa shape index (κ3) is 7.09. The molecule has 0 aliphatic carbocycles. The van der Waals surface area contributed by atoms with Crippen LogP contribution in [0.15, 0.2) is 78.0 Å². The number of halogens is 2.